The lowest BCUT2D eigenvalue weighted by Crippen LogP contribution is -2.56. The standard InChI is InChI=1S/C10H18N2O3/c1-4-5-11-9(15)8(2)12-10(3,6-13)7-14/h1,8,12-14H,5-7H2,2-3H3,(H,11,15). The fraction of sp³-hybridized carbons (Fsp3) is 0.700. The molecular weight excluding hydrogens is 196 g/mol. The molecule has 0 spiro atoms. The molecule has 4 N–H and O–H groups in total. The van der Waals surface area contributed by atoms with Crippen molar-refractivity contribution in [2.45, 2.75) is 25.4 Å². The summed E-state index contributed by atoms with van der Waals surface area (Å²) in [6.45, 7) is 2.92. The summed E-state index contributed by atoms with van der Waals surface area (Å²) in [5.74, 6) is 2.02. The molecular formula is C10H18N2O3. The molecule has 15 heavy (non-hydrogen) atoms. The Balaban J connectivity index is 4.17. The third kappa shape index (κ3) is 4.79. The highest BCUT2D eigenvalue weighted by Gasteiger charge is 2.26. The second-order valence-corrected chi connectivity index (χ2v) is 3.66. The molecule has 0 radical (unpaired) electrons. The fourth-order valence-corrected chi connectivity index (χ4v) is 1.02. The highest BCUT2D eigenvalue weighted by atomic mass is 16.3. The van der Waals surface area contributed by atoms with E-state index in [1.54, 1.807) is 13.8 Å². The van der Waals surface area contributed by atoms with E-state index < -0.39 is 11.6 Å². The molecule has 0 aromatic rings. The lowest BCUT2D eigenvalue weighted by molar-refractivity contribution is -0.123. The summed E-state index contributed by atoms with van der Waals surface area (Å²) in [7, 11) is 0. The first-order chi connectivity index (χ1) is 6.99. The first-order valence-corrected chi connectivity index (χ1v) is 4.69. The Kier molecular flexibility index (Phi) is 5.94. The summed E-state index contributed by atoms with van der Waals surface area (Å²) in [5, 5.41) is 23.3. The average molecular weight is 214 g/mol. The average Bonchev–Trinajstić information content (AvgIpc) is 2.25. The minimum atomic E-state index is -0.868. The minimum Gasteiger partial charge on any atom is -0.394 e. The number of hydrogen-bond donors (Lipinski definition) is 4. The number of amides is 1. The number of nitrogens with one attached hydrogen (secondary N) is 2. The first kappa shape index (κ1) is 13.9. The van der Waals surface area contributed by atoms with Crippen molar-refractivity contribution in [2.75, 3.05) is 19.8 Å². The molecule has 5 nitrogen and oxygen atoms in total. The van der Waals surface area contributed by atoms with Crippen molar-refractivity contribution in [1.82, 2.24) is 10.6 Å². The number of carbonyl (C=O) groups is 1. The van der Waals surface area contributed by atoms with Crippen LogP contribution in [-0.2, 0) is 4.79 Å². The second kappa shape index (κ2) is 6.40. The highest BCUT2D eigenvalue weighted by Crippen LogP contribution is 2.02. The van der Waals surface area contributed by atoms with E-state index in [9.17, 15) is 4.79 Å². The van der Waals surface area contributed by atoms with Crippen molar-refractivity contribution >= 4 is 5.91 Å². The fourth-order valence-electron chi connectivity index (χ4n) is 1.02. The van der Waals surface area contributed by atoms with Gasteiger partial charge in [0.05, 0.1) is 31.3 Å². The van der Waals surface area contributed by atoms with Gasteiger partial charge in [-0.2, -0.15) is 0 Å². The van der Waals surface area contributed by atoms with Crippen LogP contribution in [0.15, 0.2) is 0 Å². The third-order valence-electron chi connectivity index (χ3n) is 2.02. The lowest BCUT2D eigenvalue weighted by atomic mass is 10.0. The van der Waals surface area contributed by atoms with Crippen molar-refractivity contribution in [3.05, 3.63) is 0 Å². The van der Waals surface area contributed by atoms with Gasteiger partial charge >= 0.3 is 0 Å². The van der Waals surface area contributed by atoms with Crippen LogP contribution in [0.1, 0.15) is 13.8 Å². The van der Waals surface area contributed by atoms with Crippen molar-refractivity contribution in [3.8, 4) is 12.3 Å². The van der Waals surface area contributed by atoms with E-state index >= 15 is 0 Å². The summed E-state index contributed by atoms with van der Waals surface area (Å²) in [6, 6.07) is -0.525. The summed E-state index contributed by atoms with van der Waals surface area (Å²) in [5.41, 5.74) is -0.868. The quantitative estimate of drug-likeness (QED) is 0.404. The summed E-state index contributed by atoms with van der Waals surface area (Å²) < 4.78 is 0. The predicted molar refractivity (Wildman–Crippen MR) is 57.0 cm³/mol. The van der Waals surface area contributed by atoms with Gasteiger partial charge in [-0.25, -0.2) is 0 Å². The van der Waals surface area contributed by atoms with E-state index in [2.05, 4.69) is 16.6 Å². The Hall–Kier alpha value is -1.09. The molecule has 0 aliphatic heterocycles. The Labute approximate surface area is 89.9 Å². The van der Waals surface area contributed by atoms with Gasteiger partial charge in [0.15, 0.2) is 0 Å². The van der Waals surface area contributed by atoms with E-state index in [1.807, 2.05) is 0 Å². The van der Waals surface area contributed by atoms with Crippen molar-refractivity contribution in [1.29, 1.82) is 0 Å². The molecule has 0 saturated carbocycles. The van der Waals surface area contributed by atoms with Crippen LogP contribution in [-0.4, -0.2) is 47.5 Å². The minimum absolute atomic E-state index is 0.166. The summed E-state index contributed by atoms with van der Waals surface area (Å²) in [4.78, 5) is 11.4. The topological polar surface area (TPSA) is 81.6 Å². The van der Waals surface area contributed by atoms with Gasteiger partial charge in [0.2, 0.25) is 5.91 Å². The first-order valence-electron chi connectivity index (χ1n) is 4.69. The third-order valence-corrected chi connectivity index (χ3v) is 2.02. The van der Waals surface area contributed by atoms with Crippen LogP contribution in [0, 0.1) is 12.3 Å². The van der Waals surface area contributed by atoms with Crippen LogP contribution >= 0.6 is 0 Å². The SMILES string of the molecule is C#CCNC(=O)C(C)NC(C)(CO)CO. The number of rotatable bonds is 6. The number of aliphatic hydroxyl groups is 2. The van der Waals surface area contributed by atoms with Gasteiger partial charge in [0, 0.05) is 0 Å². The summed E-state index contributed by atoms with van der Waals surface area (Å²) >= 11 is 0. The van der Waals surface area contributed by atoms with Gasteiger partial charge in [0.25, 0.3) is 0 Å². The Morgan fingerprint density at radius 1 is 1.53 bits per heavy atom. The van der Waals surface area contributed by atoms with Gasteiger partial charge in [-0.15, -0.1) is 6.42 Å². The molecule has 0 aliphatic rings. The van der Waals surface area contributed by atoms with Gasteiger partial charge in [-0.05, 0) is 13.8 Å². The Morgan fingerprint density at radius 3 is 2.47 bits per heavy atom. The molecule has 0 aliphatic carbocycles. The maximum absolute atomic E-state index is 11.4. The number of hydrogen-bond acceptors (Lipinski definition) is 4. The Bertz CT molecular complexity index is 244. The van der Waals surface area contributed by atoms with Crippen molar-refractivity contribution in [2.24, 2.45) is 0 Å². The van der Waals surface area contributed by atoms with Gasteiger partial charge in [-0.1, -0.05) is 5.92 Å². The molecule has 0 bridgehead atoms. The smallest absolute Gasteiger partial charge is 0.237 e. The molecule has 0 heterocycles. The van der Waals surface area contributed by atoms with E-state index in [0.717, 1.165) is 0 Å². The van der Waals surface area contributed by atoms with E-state index in [-0.39, 0.29) is 25.7 Å². The monoisotopic (exact) mass is 214 g/mol. The Morgan fingerprint density at radius 2 is 2.07 bits per heavy atom. The van der Waals surface area contributed by atoms with E-state index in [0.29, 0.717) is 0 Å². The molecule has 0 aromatic carbocycles. The predicted octanol–water partition coefficient (Wildman–Crippen LogP) is -1.54. The molecule has 0 rings (SSSR count). The zero-order valence-electron chi connectivity index (χ0n) is 9.08. The van der Waals surface area contributed by atoms with Gasteiger partial charge in [-0.3, -0.25) is 10.1 Å². The van der Waals surface area contributed by atoms with Crippen LogP contribution in [0.5, 0.6) is 0 Å². The maximum Gasteiger partial charge on any atom is 0.237 e. The van der Waals surface area contributed by atoms with Crippen LogP contribution in [0.25, 0.3) is 0 Å². The second-order valence-electron chi connectivity index (χ2n) is 3.66. The zero-order valence-corrected chi connectivity index (χ0v) is 9.08. The number of aliphatic hydroxyl groups excluding tert-OH is 2. The van der Waals surface area contributed by atoms with Crippen molar-refractivity contribution < 1.29 is 15.0 Å². The summed E-state index contributed by atoms with van der Waals surface area (Å²) in [6.07, 6.45) is 4.99. The molecule has 1 amide bonds. The zero-order chi connectivity index (χ0) is 11.9. The van der Waals surface area contributed by atoms with Gasteiger partial charge < -0.3 is 15.5 Å². The van der Waals surface area contributed by atoms with E-state index in [4.69, 9.17) is 16.6 Å². The highest BCUT2D eigenvalue weighted by molar-refractivity contribution is 5.81. The van der Waals surface area contributed by atoms with Crippen LogP contribution in [0.4, 0.5) is 0 Å². The lowest BCUT2D eigenvalue weighted by Gasteiger charge is -2.29. The van der Waals surface area contributed by atoms with Gasteiger partial charge in [0.1, 0.15) is 0 Å². The van der Waals surface area contributed by atoms with Crippen molar-refractivity contribution in [3.63, 3.8) is 0 Å². The number of carbonyl (C=O) groups excluding carboxylic acids is 1. The van der Waals surface area contributed by atoms with Crippen LogP contribution < -0.4 is 10.6 Å². The molecule has 86 valence electrons. The largest absolute Gasteiger partial charge is 0.394 e. The normalized spacial score (nSPS) is 13.0. The van der Waals surface area contributed by atoms with Crippen LogP contribution in [0.3, 0.4) is 0 Å². The molecule has 5 heteroatoms. The molecule has 0 fully saturated rings. The molecule has 1 unspecified atom stereocenters. The van der Waals surface area contributed by atoms with Crippen LogP contribution in [0.2, 0.25) is 0 Å². The maximum atomic E-state index is 11.4. The molecule has 0 aromatic heterocycles. The molecule has 1 atom stereocenters. The van der Waals surface area contributed by atoms with E-state index in [1.165, 1.54) is 0 Å². The molecule has 0 saturated heterocycles. The number of terminal acetylenes is 1.